The Bertz CT molecular complexity index is 720. The van der Waals surface area contributed by atoms with Gasteiger partial charge in [-0.2, -0.15) is 5.21 Å². The number of hydrogen-bond donors (Lipinski definition) is 2. The van der Waals surface area contributed by atoms with Gasteiger partial charge in [0.25, 0.3) is 0 Å². The van der Waals surface area contributed by atoms with Crippen LogP contribution < -0.4 is 5.32 Å². The summed E-state index contributed by atoms with van der Waals surface area (Å²) in [4.78, 5) is 4.37. The number of aryl methyl sites for hydroxylation is 1. The summed E-state index contributed by atoms with van der Waals surface area (Å²) in [6.45, 7) is 4.16. The van der Waals surface area contributed by atoms with Crippen LogP contribution in [-0.2, 0) is 0 Å². The second-order valence-electron chi connectivity index (χ2n) is 4.51. The number of tetrazole rings is 1. The molecule has 0 saturated heterocycles. The molecule has 0 aliphatic carbocycles. The minimum Gasteiger partial charge on any atom is -0.339 e. The smallest absolute Gasteiger partial charge is 0.208 e. The molecule has 0 radical (unpaired) electrons. The van der Waals surface area contributed by atoms with Crippen LogP contribution in [0.4, 0.5) is 11.5 Å². The van der Waals surface area contributed by atoms with E-state index in [1.165, 1.54) is 11.1 Å². The zero-order valence-corrected chi connectivity index (χ0v) is 11.3. The van der Waals surface area contributed by atoms with E-state index in [9.17, 15) is 0 Å². The number of H-pyrrole nitrogens is 1. The van der Waals surface area contributed by atoms with Crippen molar-refractivity contribution >= 4 is 11.5 Å². The zero-order chi connectivity index (χ0) is 13.9. The van der Waals surface area contributed by atoms with Gasteiger partial charge in [-0.1, -0.05) is 12.1 Å². The summed E-state index contributed by atoms with van der Waals surface area (Å²) in [7, 11) is 0. The largest absolute Gasteiger partial charge is 0.339 e. The van der Waals surface area contributed by atoms with E-state index in [-0.39, 0.29) is 0 Å². The molecule has 2 N–H and O–H groups in total. The first kappa shape index (κ1) is 12.3. The van der Waals surface area contributed by atoms with Crippen LogP contribution in [0.5, 0.6) is 0 Å². The maximum Gasteiger partial charge on any atom is 0.208 e. The number of aromatic amines is 1. The molecule has 0 amide bonds. The lowest BCUT2D eigenvalue weighted by Gasteiger charge is -2.12. The Morgan fingerprint density at radius 1 is 1.10 bits per heavy atom. The van der Waals surface area contributed by atoms with E-state index in [0.717, 1.165) is 11.3 Å². The first-order valence-corrected chi connectivity index (χ1v) is 6.28. The van der Waals surface area contributed by atoms with E-state index in [4.69, 9.17) is 0 Å². The van der Waals surface area contributed by atoms with Gasteiger partial charge in [0.2, 0.25) is 5.82 Å². The van der Waals surface area contributed by atoms with E-state index in [0.29, 0.717) is 11.6 Å². The molecule has 0 fully saturated rings. The van der Waals surface area contributed by atoms with Crippen molar-refractivity contribution in [3.63, 3.8) is 0 Å². The topological polar surface area (TPSA) is 79.4 Å². The fourth-order valence-electron chi connectivity index (χ4n) is 1.98. The number of rotatable bonds is 3. The number of anilines is 2. The quantitative estimate of drug-likeness (QED) is 0.761. The molecular formula is C14H14N6. The molecule has 0 unspecified atom stereocenters. The lowest BCUT2D eigenvalue weighted by atomic mass is 10.1. The number of aromatic nitrogens is 5. The molecule has 6 nitrogen and oxygen atoms in total. The molecule has 3 rings (SSSR count). The van der Waals surface area contributed by atoms with Crippen LogP contribution in [0, 0.1) is 13.8 Å². The van der Waals surface area contributed by atoms with E-state index in [1.807, 2.05) is 24.3 Å². The summed E-state index contributed by atoms with van der Waals surface area (Å²) >= 11 is 0. The Morgan fingerprint density at radius 3 is 2.80 bits per heavy atom. The first-order chi connectivity index (χ1) is 9.75. The summed E-state index contributed by atoms with van der Waals surface area (Å²) in [5.41, 5.74) is 4.25. The Kier molecular flexibility index (Phi) is 3.12. The van der Waals surface area contributed by atoms with Crippen LogP contribution in [-0.4, -0.2) is 25.6 Å². The van der Waals surface area contributed by atoms with Gasteiger partial charge in [0.05, 0.1) is 5.56 Å². The van der Waals surface area contributed by atoms with Gasteiger partial charge in [-0.15, -0.1) is 10.2 Å². The molecule has 2 aromatic heterocycles. The van der Waals surface area contributed by atoms with Crippen molar-refractivity contribution in [3.8, 4) is 11.4 Å². The maximum absolute atomic E-state index is 4.37. The molecule has 6 heteroatoms. The third-order valence-corrected chi connectivity index (χ3v) is 3.25. The van der Waals surface area contributed by atoms with Crippen molar-refractivity contribution in [2.45, 2.75) is 13.8 Å². The maximum atomic E-state index is 4.37. The van der Waals surface area contributed by atoms with Crippen LogP contribution in [0.25, 0.3) is 11.4 Å². The predicted molar refractivity (Wildman–Crippen MR) is 76.6 cm³/mol. The molecular weight excluding hydrogens is 252 g/mol. The standard InChI is InChI=1S/C14H14N6/c1-9-5-3-7-12(10(9)2)16-13-11(6-4-8-15-13)14-17-19-20-18-14/h3-8H,1-2H3,(H,15,16)(H,17,18,19,20). The summed E-state index contributed by atoms with van der Waals surface area (Å²) in [6, 6.07) is 9.88. The minimum absolute atomic E-state index is 0.519. The Labute approximate surface area is 116 Å². The lowest BCUT2D eigenvalue weighted by molar-refractivity contribution is 0.881. The van der Waals surface area contributed by atoms with Crippen LogP contribution in [0.15, 0.2) is 36.5 Å². The van der Waals surface area contributed by atoms with Gasteiger partial charge in [-0.05, 0) is 48.4 Å². The number of nitrogens with zero attached hydrogens (tertiary/aromatic N) is 4. The average Bonchev–Trinajstić information content (AvgIpc) is 2.98. The summed E-state index contributed by atoms with van der Waals surface area (Å²) < 4.78 is 0. The molecule has 1 aromatic carbocycles. The molecule has 0 atom stereocenters. The fraction of sp³-hybridized carbons (Fsp3) is 0.143. The SMILES string of the molecule is Cc1cccc(Nc2ncccc2-c2nn[nH]n2)c1C. The van der Waals surface area contributed by atoms with Gasteiger partial charge in [-0.25, -0.2) is 4.98 Å². The second kappa shape index (κ2) is 5.08. The van der Waals surface area contributed by atoms with Crippen LogP contribution in [0.3, 0.4) is 0 Å². The third kappa shape index (κ3) is 2.23. The highest BCUT2D eigenvalue weighted by atomic mass is 15.5. The predicted octanol–water partition coefficient (Wildman–Crippen LogP) is 2.62. The lowest BCUT2D eigenvalue weighted by Crippen LogP contribution is -1.99. The van der Waals surface area contributed by atoms with Gasteiger partial charge in [-0.3, -0.25) is 0 Å². The van der Waals surface area contributed by atoms with Crippen LogP contribution >= 0.6 is 0 Å². The highest BCUT2D eigenvalue weighted by Gasteiger charge is 2.11. The molecule has 100 valence electrons. The van der Waals surface area contributed by atoms with Gasteiger partial charge < -0.3 is 5.32 Å². The van der Waals surface area contributed by atoms with Crippen molar-refractivity contribution in [1.29, 1.82) is 0 Å². The van der Waals surface area contributed by atoms with Crippen molar-refractivity contribution < 1.29 is 0 Å². The van der Waals surface area contributed by atoms with Crippen molar-refractivity contribution in [2.24, 2.45) is 0 Å². The summed E-state index contributed by atoms with van der Waals surface area (Å²) in [6.07, 6.45) is 1.73. The van der Waals surface area contributed by atoms with E-state index in [2.05, 4.69) is 50.8 Å². The van der Waals surface area contributed by atoms with Crippen molar-refractivity contribution in [2.75, 3.05) is 5.32 Å². The zero-order valence-electron chi connectivity index (χ0n) is 11.3. The van der Waals surface area contributed by atoms with Gasteiger partial charge >= 0.3 is 0 Å². The Balaban J connectivity index is 2.02. The normalized spacial score (nSPS) is 10.5. The van der Waals surface area contributed by atoms with E-state index < -0.39 is 0 Å². The molecule has 0 aliphatic rings. The summed E-state index contributed by atoms with van der Waals surface area (Å²) in [5.74, 6) is 1.23. The molecule has 0 aliphatic heterocycles. The van der Waals surface area contributed by atoms with Gasteiger partial charge in [0.1, 0.15) is 5.82 Å². The third-order valence-electron chi connectivity index (χ3n) is 3.25. The van der Waals surface area contributed by atoms with Gasteiger partial charge in [0.15, 0.2) is 0 Å². The van der Waals surface area contributed by atoms with Crippen LogP contribution in [0.1, 0.15) is 11.1 Å². The average molecular weight is 266 g/mol. The number of pyridine rings is 1. The van der Waals surface area contributed by atoms with Crippen molar-refractivity contribution in [3.05, 3.63) is 47.7 Å². The van der Waals surface area contributed by atoms with Crippen LogP contribution in [0.2, 0.25) is 0 Å². The number of hydrogen-bond acceptors (Lipinski definition) is 5. The second-order valence-corrected chi connectivity index (χ2v) is 4.51. The Morgan fingerprint density at radius 2 is 2.00 bits per heavy atom. The fourth-order valence-corrected chi connectivity index (χ4v) is 1.98. The highest BCUT2D eigenvalue weighted by Crippen LogP contribution is 2.27. The van der Waals surface area contributed by atoms with E-state index in [1.54, 1.807) is 6.20 Å². The monoisotopic (exact) mass is 266 g/mol. The molecule has 3 aromatic rings. The van der Waals surface area contributed by atoms with Crippen molar-refractivity contribution in [1.82, 2.24) is 25.6 Å². The number of benzene rings is 1. The molecule has 0 spiro atoms. The molecule has 2 heterocycles. The molecule has 0 bridgehead atoms. The first-order valence-electron chi connectivity index (χ1n) is 6.28. The van der Waals surface area contributed by atoms with E-state index >= 15 is 0 Å². The Hall–Kier alpha value is -2.76. The highest BCUT2D eigenvalue weighted by molar-refractivity contribution is 5.75. The summed E-state index contributed by atoms with van der Waals surface area (Å²) in [5, 5.41) is 17.4. The molecule has 0 saturated carbocycles. The minimum atomic E-state index is 0.519. The molecule has 20 heavy (non-hydrogen) atoms. The van der Waals surface area contributed by atoms with Gasteiger partial charge in [0, 0.05) is 11.9 Å². The number of nitrogens with one attached hydrogen (secondary N) is 2.